The summed E-state index contributed by atoms with van der Waals surface area (Å²) in [6, 6.07) is 16.0. The van der Waals surface area contributed by atoms with Gasteiger partial charge in [-0.05, 0) is 54.8 Å². The number of nitrogens with one attached hydrogen (secondary N) is 1. The lowest BCUT2D eigenvalue weighted by atomic mass is 10.1. The highest BCUT2D eigenvalue weighted by Crippen LogP contribution is 2.20. The Morgan fingerprint density at radius 2 is 1.90 bits per heavy atom. The number of carbonyl (C=O) groups is 1. The molecule has 0 aliphatic carbocycles. The van der Waals surface area contributed by atoms with Gasteiger partial charge >= 0.3 is 0 Å². The zero-order chi connectivity index (χ0) is 20.1. The molecule has 154 valence electrons. The maximum atomic E-state index is 12.5. The second-order valence-corrected chi connectivity index (χ2v) is 8.22. The number of nitrogens with zero attached hydrogens (tertiary/aromatic N) is 2. The number of anilines is 1. The van der Waals surface area contributed by atoms with E-state index in [1.165, 1.54) is 11.3 Å². The fourth-order valence-electron chi connectivity index (χ4n) is 4.00. The third-order valence-corrected chi connectivity index (χ3v) is 5.93. The third-order valence-electron chi connectivity index (χ3n) is 5.67. The molecule has 1 atom stereocenters. The second-order valence-electron chi connectivity index (χ2n) is 7.79. The average Bonchev–Trinajstić information content (AvgIpc) is 3.27. The summed E-state index contributed by atoms with van der Waals surface area (Å²) < 4.78 is 5.58. The SMILES string of the molecule is O=C(NC[C@H]1CCCO1)c1cccc(CN2CCN(c3ccc(Cl)cc3)CC2)c1. The number of hydrogen-bond acceptors (Lipinski definition) is 4. The molecule has 0 saturated carbocycles. The lowest BCUT2D eigenvalue weighted by molar-refractivity contribution is 0.0857. The molecule has 1 amide bonds. The summed E-state index contributed by atoms with van der Waals surface area (Å²) >= 11 is 5.99. The van der Waals surface area contributed by atoms with Gasteiger partial charge in [0.1, 0.15) is 0 Å². The molecule has 2 aliphatic heterocycles. The van der Waals surface area contributed by atoms with Crippen LogP contribution >= 0.6 is 11.6 Å². The van der Waals surface area contributed by atoms with Crippen molar-refractivity contribution in [1.29, 1.82) is 0 Å². The first kappa shape index (κ1) is 20.2. The zero-order valence-corrected chi connectivity index (χ0v) is 17.4. The van der Waals surface area contributed by atoms with Crippen LogP contribution in [0.25, 0.3) is 0 Å². The molecule has 2 aromatic carbocycles. The molecule has 2 heterocycles. The first-order chi connectivity index (χ1) is 14.2. The van der Waals surface area contributed by atoms with Crippen LogP contribution in [-0.4, -0.2) is 56.2 Å². The standard InChI is InChI=1S/C23H28ClN3O2/c24-20-6-8-21(9-7-20)27-12-10-26(11-13-27)17-18-3-1-4-19(15-18)23(28)25-16-22-5-2-14-29-22/h1,3-4,6-9,15,22H,2,5,10-14,16-17H2,(H,25,28)/t22-/m1/s1. The molecule has 0 bridgehead atoms. The first-order valence-electron chi connectivity index (χ1n) is 10.4. The molecule has 0 unspecified atom stereocenters. The normalized spacial score (nSPS) is 20.0. The van der Waals surface area contributed by atoms with Gasteiger partial charge < -0.3 is 15.0 Å². The molecule has 2 aromatic rings. The minimum atomic E-state index is -0.0186. The molecule has 2 saturated heterocycles. The number of piperazine rings is 1. The van der Waals surface area contributed by atoms with E-state index in [0.29, 0.717) is 6.54 Å². The summed E-state index contributed by atoms with van der Waals surface area (Å²) in [4.78, 5) is 17.3. The van der Waals surface area contributed by atoms with E-state index < -0.39 is 0 Å². The van der Waals surface area contributed by atoms with E-state index in [0.717, 1.165) is 62.8 Å². The molecule has 6 heteroatoms. The van der Waals surface area contributed by atoms with E-state index in [9.17, 15) is 4.79 Å². The van der Waals surface area contributed by atoms with Crippen molar-refractivity contribution in [3.8, 4) is 0 Å². The van der Waals surface area contributed by atoms with Crippen molar-refractivity contribution in [2.75, 3.05) is 44.2 Å². The Balaban J connectivity index is 1.28. The van der Waals surface area contributed by atoms with Crippen LogP contribution < -0.4 is 10.2 Å². The second kappa shape index (κ2) is 9.61. The van der Waals surface area contributed by atoms with Gasteiger partial charge in [-0.25, -0.2) is 0 Å². The fraction of sp³-hybridized carbons (Fsp3) is 0.435. The van der Waals surface area contributed by atoms with Crippen molar-refractivity contribution >= 4 is 23.2 Å². The number of hydrogen-bond donors (Lipinski definition) is 1. The maximum absolute atomic E-state index is 12.5. The van der Waals surface area contributed by atoms with Crippen molar-refractivity contribution in [2.24, 2.45) is 0 Å². The lowest BCUT2D eigenvalue weighted by Crippen LogP contribution is -2.46. The van der Waals surface area contributed by atoms with Crippen LogP contribution in [0.5, 0.6) is 0 Å². The van der Waals surface area contributed by atoms with Crippen LogP contribution in [-0.2, 0) is 11.3 Å². The van der Waals surface area contributed by atoms with Gasteiger partial charge in [0, 0.05) is 62.1 Å². The summed E-state index contributed by atoms with van der Waals surface area (Å²) in [6.45, 7) is 6.24. The summed E-state index contributed by atoms with van der Waals surface area (Å²) in [5.41, 5.74) is 3.12. The van der Waals surface area contributed by atoms with Crippen molar-refractivity contribution < 1.29 is 9.53 Å². The van der Waals surface area contributed by atoms with Gasteiger partial charge in [-0.15, -0.1) is 0 Å². The molecule has 0 spiro atoms. The molecule has 29 heavy (non-hydrogen) atoms. The Hall–Kier alpha value is -2.08. The Bertz CT molecular complexity index is 813. The van der Waals surface area contributed by atoms with Gasteiger partial charge in [0.2, 0.25) is 0 Å². The highest BCUT2D eigenvalue weighted by Gasteiger charge is 2.19. The van der Waals surface area contributed by atoms with Crippen molar-refractivity contribution in [3.05, 3.63) is 64.7 Å². The fourth-order valence-corrected chi connectivity index (χ4v) is 4.13. The molecule has 5 nitrogen and oxygen atoms in total. The van der Waals surface area contributed by atoms with E-state index in [-0.39, 0.29) is 12.0 Å². The number of carbonyl (C=O) groups excluding carboxylic acids is 1. The third kappa shape index (κ3) is 5.50. The Morgan fingerprint density at radius 1 is 1.10 bits per heavy atom. The summed E-state index contributed by atoms with van der Waals surface area (Å²) in [7, 11) is 0. The predicted molar refractivity (Wildman–Crippen MR) is 117 cm³/mol. The average molecular weight is 414 g/mol. The number of ether oxygens (including phenoxy) is 1. The minimum absolute atomic E-state index is 0.0186. The lowest BCUT2D eigenvalue weighted by Gasteiger charge is -2.36. The molecule has 4 rings (SSSR count). The van der Waals surface area contributed by atoms with E-state index in [2.05, 4.69) is 33.3 Å². The van der Waals surface area contributed by atoms with Gasteiger partial charge in [0.15, 0.2) is 0 Å². The zero-order valence-electron chi connectivity index (χ0n) is 16.6. The van der Waals surface area contributed by atoms with Gasteiger partial charge in [0.05, 0.1) is 6.10 Å². The van der Waals surface area contributed by atoms with Gasteiger partial charge in [-0.1, -0.05) is 23.7 Å². The van der Waals surface area contributed by atoms with Crippen LogP contribution in [0, 0.1) is 0 Å². The molecule has 0 radical (unpaired) electrons. The van der Waals surface area contributed by atoms with Crippen molar-refractivity contribution in [3.63, 3.8) is 0 Å². The van der Waals surface area contributed by atoms with E-state index in [1.54, 1.807) is 0 Å². The molecule has 2 aliphatic rings. The van der Waals surface area contributed by atoms with E-state index in [4.69, 9.17) is 16.3 Å². The predicted octanol–water partition coefficient (Wildman–Crippen LogP) is 3.57. The Kier molecular flexibility index (Phi) is 6.70. The number of halogens is 1. The van der Waals surface area contributed by atoms with Crippen LogP contribution in [0.1, 0.15) is 28.8 Å². The minimum Gasteiger partial charge on any atom is -0.376 e. The number of benzene rings is 2. The monoisotopic (exact) mass is 413 g/mol. The largest absolute Gasteiger partial charge is 0.376 e. The topological polar surface area (TPSA) is 44.8 Å². The molecular formula is C23H28ClN3O2. The maximum Gasteiger partial charge on any atom is 0.251 e. The summed E-state index contributed by atoms with van der Waals surface area (Å²) in [5, 5.41) is 3.78. The molecule has 0 aromatic heterocycles. The first-order valence-corrected chi connectivity index (χ1v) is 10.8. The van der Waals surface area contributed by atoms with Gasteiger partial charge in [-0.3, -0.25) is 9.69 Å². The van der Waals surface area contributed by atoms with Crippen LogP contribution in [0.15, 0.2) is 48.5 Å². The van der Waals surface area contributed by atoms with E-state index >= 15 is 0 Å². The van der Waals surface area contributed by atoms with Crippen LogP contribution in [0.3, 0.4) is 0 Å². The van der Waals surface area contributed by atoms with Crippen molar-refractivity contribution in [1.82, 2.24) is 10.2 Å². The van der Waals surface area contributed by atoms with E-state index in [1.807, 2.05) is 30.3 Å². The van der Waals surface area contributed by atoms with Crippen LogP contribution in [0.4, 0.5) is 5.69 Å². The van der Waals surface area contributed by atoms with Crippen molar-refractivity contribution in [2.45, 2.75) is 25.5 Å². The van der Waals surface area contributed by atoms with Gasteiger partial charge in [0.25, 0.3) is 5.91 Å². The smallest absolute Gasteiger partial charge is 0.251 e. The number of amides is 1. The molecule has 1 N–H and O–H groups in total. The van der Waals surface area contributed by atoms with Gasteiger partial charge in [-0.2, -0.15) is 0 Å². The Morgan fingerprint density at radius 3 is 2.62 bits per heavy atom. The van der Waals surface area contributed by atoms with Crippen LogP contribution in [0.2, 0.25) is 5.02 Å². The summed E-state index contributed by atoms with van der Waals surface area (Å²) in [5.74, 6) is -0.0186. The molecular weight excluding hydrogens is 386 g/mol. The highest BCUT2D eigenvalue weighted by molar-refractivity contribution is 6.30. The quantitative estimate of drug-likeness (QED) is 0.786. The number of rotatable bonds is 6. The molecule has 2 fully saturated rings. The summed E-state index contributed by atoms with van der Waals surface area (Å²) in [6.07, 6.45) is 2.28. The Labute approximate surface area is 177 Å². The highest BCUT2D eigenvalue weighted by atomic mass is 35.5.